The summed E-state index contributed by atoms with van der Waals surface area (Å²) in [6.45, 7) is 6.26. The SMILES string of the molecule is COc1cccc(C2(C)CC(=O)NC2(C)C)c1. The van der Waals surface area contributed by atoms with Crippen molar-refractivity contribution in [2.45, 2.75) is 38.1 Å². The van der Waals surface area contributed by atoms with Gasteiger partial charge in [0.2, 0.25) is 5.91 Å². The predicted molar refractivity (Wildman–Crippen MR) is 67.2 cm³/mol. The topological polar surface area (TPSA) is 38.3 Å². The van der Waals surface area contributed by atoms with Crippen LogP contribution in [0.1, 0.15) is 32.8 Å². The van der Waals surface area contributed by atoms with Gasteiger partial charge in [-0.2, -0.15) is 0 Å². The van der Waals surface area contributed by atoms with E-state index in [1.807, 2.05) is 18.2 Å². The molecule has 0 radical (unpaired) electrons. The summed E-state index contributed by atoms with van der Waals surface area (Å²) < 4.78 is 5.25. The van der Waals surface area contributed by atoms with Gasteiger partial charge in [-0.15, -0.1) is 0 Å². The third-order valence-electron chi connectivity index (χ3n) is 4.05. The van der Waals surface area contributed by atoms with E-state index in [1.54, 1.807) is 7.11 Å². The first-order valence-corrected chi connectivity index (χ1v) is 5.84. The smallest absolute Gasteiger partial charge is 0.221 e. The molecule has 1 atom stereocenters. The van der Waals surface area contributed by atoms with Crippen LogP contribution in [0, 0.1) is 0 Å². The fourth-order valence-corrected chi connectivity index (χ4v) is 2.50. The van der Waals surface area contributed by atoms with E-state index in [0.29, 0.717) is 6.42 Å². The zero-order valence-corrected chi connectivity index (χ0v) is 10.8. The zero-order valence-electron chi connectivity index (χ0n) is 10.8. The van der Waals surface area contributed by atoms with Crippen molar-refractivity contribution in [3.8, 4) is 5.75 Å². The number of carbonyl (C=O) groups excluding carboxylic acids is 1. The molecule has 1 fully saturated rings. The molecule has 1 unspecified atom stereocenters. The van der Waals surface area contributed by atoms with Crippen molar-refractivity contribution >= 4 is 5.91 Å². The Morgan fingerprint density at radius 2 is 2.00 bits per heavy atom. The Morgan fingerprint density at radius 1 is 1.29 bits per heavy atom. The third kappa shape index (κ3) is 1.79. The molecule has 1 saturated heterocycles. The number of benzene rings is 1. The van der Waals surface area contributed by atoms with Crippen molar-refractivity contribution in [2.24, 2.45) is 0 Å². The number of amides is 1. The second kappa shape index (κ2) is 3.76. The van der Waals surface area contributed by atoms with E-state index >= 15 is 0 Å². The summed E-state index contributed by atoms with van der Waals surface area (Å²) in [5.74, 6) is 0.944. The fraction of sp³-hybridized carbons (Fsp3) is 0.500. The minimum atomic E-state index is -0.240. The lowest BCUT2D eigenvalue weighted by molar-refractivity contribution is -0.119. The third-order valence-corrected chi connectivity index (χ3v) is 4.05. The molecule has 0 spiro atoms. The first-order chi connectivity index (χ1) is 7.89. The maximum Gasteiger partial charge on any atom is 0.221 e. The zero-order chi connectivity index (χ0) is 12.7. The number of nitrogens with one attached hydrogen (secondary N) is 1. The van der Waals surface area contributed by atoms with Gasteiger partial charge in [0.25, 0.3) is 0 Å². The number of rotatable bonds is 2. The molecule has 1 aromatic carbocycles. The molecule has 17 heavy (non-hydrogen) atoms. The van der Waals surface area contributed by atoms with Crippen LogP contribution in [0.4, 0.5) is 0 Å². The van der Waals surface area contributed by atoms with E-state index in [2.05, 4.69) is 32.2 Å². The molecule has 1 N–H and O–H groups in total. The highest BCUT2D eigenvalue weighted by Gasteiger charge is 2.50. The van der Waals surface area contributed by atoms with Gasteiger partial charge >= 0.3 is 0 Å². The summed E-state index contributed by atoms with van der Waals surface area (Å²) in [5.41, 5.74) is 0.704. The first kappa shape index (κ1) is 12.0. The molecule has 2 rings (SSSR count). The quantitative estimate of drug-likeness (QED) is 0.850. The van der Waals surface area contributed by atoms with Crippen molar-refractivity contribution in [3.63, 3.8) is 0 Å². The maximum atomic E-state index is 11.7. The monoisotopic (exact) mass is 233 g/mol. The van der Waals surface area contributed by atoms with Crippen molar-refractivity contribution < 1.29 is 9.53 Å². The van der Waals surface area contributed by atoms with E-state index in [-0.39, 0.29) is 16.9 Å². The molecule has 0 saturated carbocycles. The molecule has 0 aromatic heterocycles. The Kier molecular flexibility index (Phi) is 2.64. The highest BCUT2D eigenvalue weighted by molar-refractivity contribution is 5.82. The number of hydrogen-bond acceptors (Lipinski definition) is 2. The average molecular weight is 233 g/mol. The van der Waals surface area contributed by atoms with E-state index in [0.717, 1.165) is 11.3 Å². The second-order valence-electron chi connectivity index (χ2n) is 5.41. The lowest BCUT2D eigenvalue weighted by Crippen LogP contribution is -2.48. The van der Waals surface area contributed by atoms with Crippen LogP contribution in [0.15, 0.2) is 24.3 Å². The van der Waals surface area contributed by atoms with Crippen LogP contribution in [0.2, 0.25) is 0 Å². The van der Waals surface area contributed by atoms with Crippen LogP contribution < -0.4 is 10.1 Å². The Bertz CT molecular complexity index is 453. The minimum absolute atomic E-state index is 0.111. The van der Waals surface area contributed by atoms with Crippen LogP contribution in [0.5, 0.6) is 5.75 Å². The van der Waals surface area contributed by atoms with Crippen LogP contribution in [0.25, 0.3) is 0 Å². The van der Waals surface area contributed by atoms with Gasteiger partial charge in [-0.1, -0.05) is 19.1 Å². The molecule has 1 amide bonds. The van der Waals surface area contributed by atoms with Gasteiger partial charge in [0.1, 0.15) is 5.75 Å². The summed E-state index contributed by atoms with van der Waals surface area (Å²) >= 11 is 0. The standard InChI is InChI=1S/C14H19NO2/c1-13(2)14(3,9-12(16)15-13)10-6-5-7-11(8-10)17-4/h5-8H,9H2,1-4H3,(H,15,16). The van der Waals surface area contributed by atoms with E-state index in [9.17, 15) is 4.79 Å². The molecule has 3 heteroatoms. The second-order valence-corrected chi connectivity index (χ2v) is 5.41. The first-order valence-electron chi connectivity index (χ1n) is 5.84. The van der Waals surface area contributed by atoms with Gasteiger partial charge in [0.05, 0.1) is 7.11 Å². The molecule has 3 nitrogen and oxygen atoms in total. The summed E-state index contributed by atoms with van der Waals surface area (Å²) in [6, 6.07) is 7.97. The molecule has 1 aliphatic rings. The van der Waals surface area contributed by atoms with Crippen LogP contribution >= 0.6 is 0 Å². The van der Waals surface area contributed by atoms with Gasteiger partial charge in [-0.25, -0.2) is 0 Å². The largest absolute Gasteiger partial charge is 0.497 e. The Hall–Kier alpha value is -1.51. The number of hydrogen-bond donors (Lipinski definition) is 1. The summed E-state index contributed by atoms with van der Waals surface area (Å²) in [4.78, 5) is 11.7. The Labute approximate surface area is 102 Å². The number of ether oxygens (including phenoxy) is 1. The molecular weight excluding hydrogens is 214 g/mol. The van der Waals surface area contributed by atoms with Gasteiger partial charge in [0.15, 0.2) is 0 Å². The van der Waals surface area contributed by atoms with Crippen LogP contribution in [-0.4, -0.2) is 18.6 Å². The van der Waals surface area contributed by atoms with Crippen LogP contribution in [-0.2, 0) is 10.2 Å². The minimum Gasteiger partial charge on any atom is -0.497 e. The molecule has 0 bridgehead atoms. The average Bonchev–Trinajstić information content (AvgIpc) is 2.48. The molecule has 92 valence electrons. The normalized spacial score (nSPS) is 26.7. The summed E-state index contributed by atoms with van der Waals surface area (Å²) in [6.07, 6.45) is 0.521. The van der Waals surface area contributed by atoms with Gasteiger partial charge < -0.3 is 10.1 Å². The van der Waals surface area contributed by atoms with Crippen molar-refractivity contribution in [2.75, 3.05) is 7.11 Å². The molecule has 1 aliphatic heterocycles. The van der Waals surface area contributed by atoms with E-state index in [4.69, 9.17) is 4.74 Å². The summed E-state index contributed by atoms with van der Waals surface area (Å²) in [5, 5.41) is 3.04. The van der Waals surface area contributed by atoms with Gasteiger partial charge in [-0.3, -0.25) is 4.79 Å². The maximum absolute atomic E-state index is 11.7. The van der Waals surface area contributed by atoms with Crippen molar-refractivity contribution in [1.82, 2.24) is 5.32 Å². The van der Waals surface area contributed by atoms with E-state index < -0.39 is 0 Å². The molecule has 0 aliphatic carbocycles. The molecule has 1 aromatic rings. The number of carbonyl (C=O) groups is 1. The molecule has 1 heterocycles. The lowest BCUT2D eigenvalue weighted by Gasteiger charge is -2.37. The van der Waals surface area contributed by atoms with Crippen LogP contribution in [0.3, 0.4) is 0 Å². The van der Waals surface area contributed by atoms with Crippen molar-refractivity contribution in [3.05, 3.63) is 29.8 Å². The number of methoxy groups -OCH3 is 1. The molecular formula is C14H19NO2. The Balaban J connectivity index is 2.47. The highest BCUT2D eigenvalue weighted by atomic mass is 16.5. The van der Waals surface area contributed by atoms with E-state index in [1.165, 1.54) is 0 Å². The van der Waals surface area contributed by atoms with Crippen molar-refractivity contribution in [1.29, 1.82) is 0 Å². The predicted octanol–water partition coefficient (Wildman–Crippen LogP) is 2.25. The summed E-state index contributed by atoms with van der Waals surface area (Å²) in [7, 11) is 1.66. The fourth-order valence-electron chi connectivity index (χ4n) is 2.50. The highest BCUT2D eigenvalue weighted by Crippen LogP contribution is 2.43. The van der Waals surface area contributed by atoms with Gasteiger partial charge in [0, 0.05) is 17.4 Å². The Morgan fingerprint density at radius 3 is 2.53 bits per heavy atom. The van der Waals surface area contributed by atoms with Gasteiger partial charge in [-0.05, 0) is 31.5 Å². The lowest BCUT2D eigenvalue weighted by atomic mass is 9.69.